The third-order valence-electron chi connectivity index (χ3n) is 2.64. The summed E-state index contributed by atoms with van der Waals surface area (Å²) >= 11 is 3.34. The van der Waals surface area contributed by atoms with Crippen LogP contribution in [0.3, 0.4) is 0 Å². The Labute approximate surface area is 120 Å². The van der Waals surface area contributed by atoms with Crippen LogP contribution in [-0.2, 0) is 10.3 Å². The van der Waals surface area contributed by atoms with Crippen LogP contribution >= 0.6 is 15.9 Å². The second kappa shape index (κ2) is 4.67. The van der Waals surface area contributed by atoms with Gasteiger partial charge in [-0.3, -0.25) is 4.98 Å². The number of amides is 1. The molecule has 5 nitrogen and oxygen atoms in total. The zero-order valence-corrected chi connectivity index (χ0v) is 13.0. The number of rotatable bonds is 1. The van der Waals surface area contributed by atoms with Gasteiger partial charge < -0.3 is 14.8 Å². The van der Waals surface area contributed by atoms with Gasteiger partial charge in [0.2, 0.25) is 0 Å². The van der Waals surface area contributed by atoms with Gasteiger partial charge in [-0.25, -0.2) is 4.79 Å². The summed E-state index contributed by atoms with van der Waals surface area (Å²) in [6.45, 7) is 7.67. The average Bonchev–Trinajstić information content (AvgIpc) is 2.52. The molecule has 0 saturated carbocycles. The molecule has 1 aromatic rings. The number of nitrogens with one attached hydrogen (secondary N) is 1. The number of aromatic nitrogens is 1. The van der Waals surface area contributed by atoms with Crippen LogP contribution in [0.5, 0.6) is 5.75 Å². The molecule has 0 fully saturated rings. The van der Waals surface area contributed by atoms with E-state index in [1.807, 2.05) is 33.8 Å². The van der Waals surface area contributed by atoms with Crippen molar-refractivity contribution in [1.29, 1.82) is 0 Å². The molecule has 2 heterocycles. The first-order chi connectivity index (χ1) is 8.70. The van der Waals surface area contributed by atoms with Crippen LogP contribution in [0, 0.1) is 0 Å². The Morgan fingerprint density at radius 2 is 2.26 bits per heavy atom. The van der Waals surface area contributed by atoms with Gasteiger partial charge in [0.05, 0.1) is 0 Å². The molecule has 1 atom stereocenters. The maximum absolute atomic E-state index is 11.9. The van der Waals surface area contributed by atoms with Crippen LogP contribution in [-0.4, -0.2) is 23.3 Å². The van der Waals surface area contributed by atoms with Crippen LogP contribution in [0.15, 0.2) is 16.7 Å². The normalized spacial score (nSPS) is 21.5. The molecule has 104 valence electrons. The van der Waals surface area contributed by atoms with Gasteiger partial charge in [0, 0.05) is 10.7 Å². The fraction of sp³-hybridized carbons (Fsp3) is 0.538. The lowest BCUT2D eigenvalue weighted by Crippen LogP contribution is -2.47. The Morgan fingerprint density at radius 1 is 1.58 bits per heavy atom. The Balaban J connectivity index is 2.16. The number of carbonyl (C=O) groups is 1. The van der Waals surface area contributed by atoms with Gasteiger partial charge in [-0.1, -0.05) is 0 Å². The monoisotopic (exact) mass is 328 g/mol. The highest BCUT2D eigenvalue weighted by Crippen LogP contribution is 2.36. The molecule has 0 radical (unpaired) electrons. The van der Waals surface area contributed by atoms with Crippen molar-refractivity contribution in [2.75, 3.05) is 6.61 Å². The maximum atomic E-state index is 11.9. The van der Waals surface area contributed by atoms with Gasteiger partial charge in [0.1, 0.15) is 29.2 Å². The summed E-state index contributed by atoms with van der Waals surface area (Å²) in [6, 6.07) is 1.84. The lowest BCUT2D eigenvalue weighted by Gasteiger charge is -2.26. The molecule has 0 aliphatic carbocycles. The molecule has 0 bridgehead atoms. The number of nitrogens with zero attached hydrogens (tertiary/aromatic N) is 1. The Morgan fingerprint density at radius 3 is 2.89 bits per heavy atom. The molecule has 1 aliphatic heterocycles. The summed E-state index contributed by atoms with van der Waals surface area (Å²) in [7, 11) is 0. The highest BCUT2D eigenvalue weighted by Gasteiger charge is 2.40. The highest BCUT2D eigenvalue weighted by atomic mass is 79.9. The molecule has 6 heteroatoms. The standard InChI is InChI=1S/C13H17BrN2O3/c1-12(2,3)19-11(17)16-13(4)7-18-9-5-8(14)6-15-10(9)13/h5-6H,7H2,1-4H3,(H,16,17). The molecular formula is C13H17BrN2O3. The molecule has 2 rings (SSSR count). The zero-order chi connectivity index (χ0) is 14.3. The van der Waals surface area contributed by atoms with Crippen molar-refractivity contribution in [3.8, 4) is 5.75 Å². The quantitative estimate of drug-likeness (QED) is 0.860. The van der Waals surface area contributed by atoms with Crippen molar-refractivity contribution in [1.82, 2.24) is 10.3 Å². The minimum atomic E-state index is -0.668. The van der Waals surface area contributed by atoms with E-state index < -0.39 is 17.2 Å². The number of fused-ring (bicyclic) bond motifs is 1. The SMILES string of the molecule is CC(C)(C)OC(=O)NC1(C)COc2cc(Br)cnc21. The Hall–Kier alpha value is -1.30. The van der Waals surface area contributed by atoms with Crippen molar-refractivity contribution in [3.63, 3.8) is 0 Å². The zero-order valence-electron chi connectivity index (χ0n) is 11.4. The Kier molecular flexibility index (Phi) is 3.47. The van der Waals surface area contributed by atoms with E-state index in [0.29, 0.717) is 18.1 Å². The molecule has 1 unspecified atom stereocenters. The number of hydrogen-bond acceptors (Lipinski definition) is 4. The number of alkyl carbamates (subject to hydrolysis) is 1. The Bertz CT molecular complexity index is 513. The van der Waals surface area contributed by atoms with E-state index in [1.165, 1.54) is 0 Å². The predicted molar refractivity (Wildman–Crippen MR) is 74.2 cm³/mol. The number of pyridine rings is 1. The number of halogens is 1. The summed E-state index contributed by atoms with van der Waals surface area (Å²) < 4.78 is 11.7. The second-order valence-corrected chi connectivity index (χ2v) is 6.66. The second-order valence-electron chi connectivity index (χ2n) is 5.75. The van der Waals surface area contributed by atoms with Crippen molar-refractivity contribution in [2.24, 2.45) is 0 Å². The van der Waals surface area contributed by atoms with E-state index in [-0.39, 0.29) is 0 Å². The van der Waals surface area contributed by atoms with Gasteiger partial charge in [0.15, 0.2) is 0 Å². The molecule has 0 aromatic carbocycles. The molecular weight excluding hydrogens is 312 g/mol. The molecule has 19 heavy (non-hydrogen) atoms. The minimum absolute atomic E-state index is 0.338. The molecule has 1 N–H and O–H groups in total. The van der Waals surface area contributed by atoms with Gasteiger partial charge in [-0.2, -0.15) is 0 Å². The van der Waals surface area contributed by atoms with E-state index in [2.05, 4.69) is 26.2 Å². The molecule has 0 saturated heterocycles. The first-order valence-corrected chi connectivity index (χ1v) is 6.79. The van der Waals surface area contributed by atoms with Crippen LogP contribution in [0.2, 0.25) is 0 Å². The van der Waals surface area contributed by atoms with Gasteiger partial charge in [-0.15, -0.1) is 0 Å². The van der Waals surface area contributed by atoms with E-state index in [4.69, 9.17) is 9.47 Å². The smallest absolute Gasteiger partial charge is 0.408 e. The van der Waals surface area contributed by atoms with Crippen molar-refractivity contribution >= 4 is 22.0 Å². The lowest BCUT2D eigenvalue weighted by molar-refractivity contribution is 0.0445. The van der Waals surface area contributed by atoms with E-state index >= 15 is 0 Å². The summed E-state index contributed by atoms with van der Waals surface area (Å²) in [4.78, 5) is 16.2. The topological polar surface area (TPSA) is 60.5 Å². The number of ether oxygens (including phenoxy) is 2. The highest BCUT2D eigenvalue weighted by molar-refractivity contribution is 9.10. The van der Waals surface area contributed by atoms with Gasteiger partial charge >= 0.3 is 6.09 Å². The average molecular weight is 329 g/mol. The molecule has 1 amide bonds. The lowest BCUT2D eigenvalue weighted by atomic mass is 10.0. The van der Waals surface area contributed by atoms with Crippen molar-refractivity contribution < 1.29 is 14.3 Å². The molecule has 1 aromatic heterocycles. The fourth-order valence-corrected chi connectivity index (χ4v) is 2.17. The summed E-state index contributed by atoms with van der Waals surface area (Å²) in [6.07, 6.45) is 1.21. The predicted octanol–water partition coefficient (Wildman–Crippen LogP) is 2.98. The van der Waals surface area contributed by atoms with E-state index in [0.717, 1.165) is 4.47 Å². The van der Waals surface area contributed by atoms with Gasteiger partial charge in [-0.05, 0) is 49.7 Å². The van der Waals surface area contributed by atoms with Crippen molar-refractivity contribution in [2.45, 2.75) is 38.8 Å². The number of carbonyl (C=O) groups excluding carboxylic acids is 1. The van der Waals surface area contributed by atoms with Crippen LogP contribution in [0.1, 0.15) is 33.4 Å². The summed E-state index contributed by atoms with van der Waals surface area (Å²) in [5.74, 6) is 0.674. The first kappa shape index (κ1) is 14.1. The third-order valence-corrected chi connectivity index (χ3v) is 3.07. The number of hydrogen-bond donors (Lipinski definition) is 1. The minimum Gasteiger partial charge on any atom is -0.489 e. The van der Waals surface area contributed by atoms with Crippen LogP contribution in [0.25, 0.3) is 0 Å². The first-order valence-electron chi connectivity index (χ1n) is 6.00. The van der Waals surface area contributed by atoms with Crippen LogP contribution < -0.4 is 10.1 Å². The van der Waals surface area contributed by atoms with Crippen LogP contribution in [0.4, 0.5) is 4.79 Å². The third kappa shape index (κ3) is 3.18. The molecule has 0 spiro atoms. The largest absolute Gasteiger partial charge is 0.489 e. The fourth-order valence-electron chi connectivity index (χ4n) is 1.86. The summed E-state index contributed by atoms with van der Waals surface area (Å²) in [5.41, 5.74) is -0.490. The van der Waals surface area contributed by atoms with E-state index in [9.17, 15) is 4.79 Å². The maximum Gasteiger partial charge on any atom is 0.408 e. The van der Waals surface area contributed by atoms with Crippen molar-refractivity contribution in [3.05, 3.63) is 22.4 Å². The molecule has 1 aliphatic rings. The summed E-state index contributed by atoms with van der Waals surface area (Å²) in [5, 5.41) is 2.82. The van der Waals surface area contributed by atoms with E-state index in [1.54, 1.807) is 6.20 Å². The van der Waals surface area contributed by atoms with Gasteiger partial charge in [0.25, 0.3) is 0 Å².